The Morgan fingerprint density at radius 3 is 2.66 bits per heavy atom. The van der Waals surface area contributed by atoms with Gasteiger partial charge in [0.25, 0.3) is 0 Å². The number of para-hydroxylation sites is 1. The standard InChI is InChI=1S/C28H43N7/c1-5-6-10-23-19-30-27(31-28(23)29-13-9-14-32(2)3)22-35-17-15-34(16-18-35)21-24-20-33(4)26-12-8-7-11-25(24)26/h5-8,10-12,20,27,30H,9,13-19,21-22H2,1-4H3,(H,29,31)/b6-5-,23-10+. The third-order valence-corrected chi connectivity index (χ3v) is 6.96. The Labute approximate surface area is 211 Å². The van der Waals surface area contributed by atoms with Gasteiger partial charge < -0.3 is 14.8 Å². The van der Waals surface area contributed by atoms with Crippen molar-refractivity contribution in [3.63, 3.8) is 0 Å². The van der Waals surface area contributed by atoms with Crippen molar-refractivity contribution in [3.8, 4) is 0 Å². The lowest BCUT2D eigenvalue weighted by molar-refractivity contribution is 0.116. The van der Waals surface area contributed by atoms with Crippen LogP contribution in [0, 0.1) is 0 Å². The molecule has 2 saturated heterocycles. The molecule has 35 heavy (non-hydrogen) atoms. The molecule has 2 aromatic rings. The second-order valence-electron chi connectivity index (χ2n) is 10.0. The Morgan fingerprint density at radius 2 is 1.89 bits per heavy atom. The zero-order valence-electron chi connectivity index (χ0n) is 22.0. The van der Waals surface area contributed by atoms with E-state index in [1.54, 1.807) is 0 Å². The molecule has 2 fully saturated rings. The van der Waals surface area contributed by atoms with Gasteiger partial charge in [0.05, 0.1) is 6.17 Å². The quantitative estimate of drug-likeness (QED) is 0.544. The number of aliphatic imine (C=N–C) groups is 1. The fraction of sp³-hybridized carbons (Fsp3) is 0.536. The second-order valence-corrected chi connectivity index (χ2v) is 10.0. The summed E-state index contributed by atoms with van der Waals surface area (Å²) in [4.78, 5) is 12.3. The lowest BCUT2D eigenvalue weighted by Gasteiger charge is -2.38. The fourth-order valence-corrected chi connectivity index (χ4v) is 4.99. The van der Waals surface area contributed by atoms with Crippen LogP contribution in [-0.4, -0.2) is 97.7 Å². The van der Waals surface area contributed by atoms with Crippen LogP contribution in [0.3, 0.4) is 0 Å². The molecule has 1 aromatic carbocycles. The molecular weight excluding hydrogens is 434 g/mol. The maximum atomic E-state index is 4.93. The summed E-state index contributed by atoms with van der Waals surface area (Å²) in [5.41, 5.74) is 3.99. The van der Waals surface area contributed by atoms with E-state index < -0.39 is 0 Å². The summed E-state index contributed by atoms with van der Waals surface area (Å²) in [7, 11) is 6.38. The van der Waals surface area contributed by atoms with E-state index in [0.29, 0.717) is 0 Å². The molecule has 3 heterocycles. The summed E-state index contributed by atoms with van der Waals surface area (Å²) in [6.07, 6.45) is 9.95. The van der Waals surface area contributed by atoms with Gasteiger partial charge in [-0.2, -0.15) is 0 Å². The van der Waals surface area contributed by atoms with E-state index in [-0.39, 0.29) is 6.17 Å². The first-order chi connectivity index (χ1) is 17.0. The lowest BCUT2D eigenvalue weighted by atomic mass is 10.1. The summed E-state index contributed by atoms with van der Waals surface area (Å²) in [6, 6.07) is 8.73. The van der Waals surface area contributed by atoms with Gasteiger partial charge in [0.1, 0.15) is 5.84 Å². The van der Waals surface area contributed by atoms with Crippen molar-refractivity contribution in [2.45, 2.75) is 26.1 Å². The summed E-state index contributed by atoms with van der Waals surface area (Å²) in [5, 5.41) is 8.75. The molecule has 190 valence electrons. The summed E-state index contributed by atoms with van der Waals surface area (Å²) in [6.45, 7) is 11.3. The van der Waals surface area contributed by atoms with Gasteiger partial charge in [0.15, 0.2) is 0 Å². The molecule has 1 atom stereocenters. The predicted molar refractivity (Wildman–Crippen MR) is 148 cm³/mol. The molecule has 0 bridgehead atoms. The molecule has 0 spiro atoms. The van der Waals surface area contributed by atoms with Crippen molar-refractivity contribution in [2.75, 3.05) is 66.5 Å². The van der Waals surface area contributed by atoms with Crippen LogP contribution in [0.25, 0.3) is 10.9 Å². The predicted octanol–water partition coefficient (Wildman–Crippen LogP) is 2.67. The number of hydrogen-bond acceptors (Lipinski definition) is 5. The van der Waals surface area contributed by atoms with E-state index >= 15 is 0 Å². The van der Waals surface area contributed by atoms with Crippen LogP contribution >= 0.6 is 0 Å². The van der Waals surface area contributed by atoms with Gasteiger partial charge in [-0.3, -0.25) is 20.1 Å². The second kappa shape index (κ2) is 12.5. The van der Waals surface area contributed by atoms with E-state index in [2.05, 4.69) is 107 Å². The van der Waals surface area contributed by atoms with E-state index in [0.717, 1.165) is 71.2 Å². The minimum Gasteiger partial charge on any atom is -0.354 e. The first-order valence-corrected chi connectivity index (χ1v) is 13.0. The average Bonchev–Trinajstić information content (AvgIpc) is 3.17. The van der Waals surface area contributed by atoms with Crippen molar-refractivity contribution in [2.24, 2.45) is 12.0 Å². The molecule has 4 rings (SSSR count). The zero-order chi connectivity index (χ0) is 24.6. The number of rotatable bonds is 9. The van der Waals surface area contributed by atoms with Crippen LogP contribution < -0.4 is 10.6 Å². The van der Waals surface area contributed by atoms with Crippen LogP contribution in [-0.2, 0) is 13.6 Å². The Balaban J connectivity index is 1.29. The third kappa shape index (κ3) is 7.04. The maximum Gasteiger partial charge on any atom is 0.126 e. The highest BCUT2D eigenvalue weighted by atomic mass is 15.3. The van der Waals surface area contributed by atoms with E-state index in [1.807, 2.05) is 0 Å². The number of allylic oxidation sites excluding steroid dienone is 3. The van der Waals surface area contributed by atoms with Crippen LogP contribution in [0.1, 0.15) is 18.9 Å². The molecular formula is C28H43N7. The van der Waals surface area contributed by atoms with Crippen molar-refractivity contribution >= 4 is 16.7 Å². The first kappa shape index (κ1) is 25.6. The molecule has 0 radical (unpaired) electrons. The SMILES string of the molecule is C/C=C\C=C1/CNC(CN2CCN(Cc3cn(C)c4ccccc34)CC2)NC1=NCCCN(C)C. The Kier molecular flexibility index (Phi) is 9.15. The first-order valence-electron chi connectivity index (χ1n) is 13.0. The molecule has 0 amide bonds. The van der Waals surface area contributed by atoms with E-state index in [9.17, 15) is 0 Å². The Bertz CT molecular complexity index is 1040. The number of nitrogens with one attached hydrogen (secondary N) is 2. The molecule has 0 saturated carbocycles. The summed E-state index contributed by atoms with van der Waals surface area (Å²) >= 11 is 0. The highest BCUT2D eigenvalue weighted by Gasteiger charge is 2.25. The largest absolute Gasteiger partial charge is 0.354 e. The third-order valence-electron chi connectivity index (χ3n) is 6.96. The highest BCUT2D eigenvalue weighted by Crippen LogP contribution is 2.22. The number of aryl methyl sites for hydroxylation is 1. The van der Waals surface area contributed by atoms with Gasteiger partial charge in [-0.05, 0) is 45.6 Å². The fourth-order valence-electron chi connectivity index (χ4n) is 4.99. The Hall–Kier alpha value is -2.45. The maximum absolute atomic E-state index is 4.93. The van der Waals surface area contributed by atoms with E-state index in [4.69, 9.17) is 4.99 Å². The number of fused-ring (bicyclic) bond motifs is 1. The van der Waals surface area contributed by atoms with Crippen LogP contribution in [0.15, 0.2) is 59.3 Å². The zero-order valence-corrected chi connectivity index (χ0v) is 22.0. The van der Waals surface area contributed by atoms with Gasteiger partial charge in [0.2, 0.25) is 0 Å². The van der Waals surface area contributed by atoms with Crippen LogP contribution in [0.2, 0.25) is 0 Å². The average molecular weight is 478 g/mol. The normalized spacial score (nSPS) is 22.7. The number of benzene rings is 1. The van der Waals surface area contributed by atoms with E-state index in [1.165, 1.54) is 22.0 Å². The molecule has 1 aromatic heterocycles. The van der Waals surface area contributed by atoms with Gasteiger partial charge in [-0.15, -0.1) is 0 Å². The number of amidine groups is 1. The lowest BCUT2D eigenvalue weighted by Crippen LogP contribution is -2.59. The number of piperazine rings is 1. The minimum absolute atomic E-state index is 0.231. The molecule has 2 N–H and O–H groups in total. The van der Waals surface area contributed by atoms with Crippen molar-refractivity contribution in [1.82, 2.24) is 29.9 Å². The highest BCUT2D eigenvalue weighted by molar-refractivity contribution is 5.99. The van der Waals surface area contributed by atoms with Gasteiger partial charge in [-0.1, -0.05) is 36.4 Å². The molecule has 2 aliphatic heterocycles. The van der Waals surface area contributed by atoms with Crippen LogP contribution in [0.5, 0.6) is 0 Å². The van der Waals surface area contributed by atoms with Gasteiger partial charge >= 0.3 is 0 Å². The molecule has 7 heteroatoms. The molecule has 2 aliphatic rings. The van der Waals surface area contributed by atoms with Gasteiger partial charge in [0, 0.05) is 82.1 Å². The van der Waals surface area contributed by atoms with Crippen molar-refractivity contribution < 1.29 is 0 Å². The minimum atomic E-state index is 0.231. The Morgan fingerprint density at radius 1 is 1.11 bits per heavy atom. The topological polar surface area (TPSA) is 51.1 Å². The summed E-state index contributed by atoms with van der Waals surface area (Å²) in [5.74, 6) is 1.06. The molecule has 0 aliphatic carbocycles. The number of hydrogen-bond donors (Lipinski definition) is 2. The molecule has 7 nitrogen and oxygen atoms in total. The van der Waals surface area contributed by atoms with Crippen molar-refractivity contribution in [3.05, 3.63) is 59.8 Å². The smallest absolute Gasteiger partial charge is 0.126 e. The summed E-state index contributed by atoms with van der Waals surface area (Å²) < 4.78 is 2.25. The molecule has 1 unspecified atom stereocenters. The van der Waals surface area contributed by atoms with Crippen molar-refractivity contribution in [1.29, 1.82) is 0 Å². The monoisotopic (exact) mass is 477 g/mol. The van der Waals surface area contributed by atoms with Crippen LogP contribution in [0.4, 0.5) is 0 Å². The number of aromatic nitrogens is 1. The number of nitrogens with zero attached hydrogens (tertiary/aromatic N) is 5. The van der Waals surface area contributed by atoms with Gasteiger partial charge in [-0.25, -0.2) is 0 Å².